The standard InChI is InChI=1S/C27H23Cl2N5O5S/c1-18-15-20(19(2)33(18)25-10-6-9-24(28)27(25)29)16-30-31-26(35)17-32(21-11-13-22(14-12-21)34(36)37)40(38,39)23-7-4-3-5-8-23/h3-16H,17H2,1-2H3,(H,31,35)/b30-16+. The second-order valence-electron chi connectivity index (χ2n) is 8.63. The number of sulfonamides is 1. The van der Waals surface area contributed by atoms with Gasteiger partial charge in [0.2, 0.25) is 0 Å². The van der Waals surface area contributed by atoms with E-state index in [0.717, 1.165) is 15.7 Å². The van der Waals surface area contributed by atoms with Crippen LogP contribution in [0.25, 0.3) is 5.69 Å². The Hall–Kier alpha value is -4.19. The van der Waals surface area contributed by atoms with Gasteiger partial charge in [-0.1, -0.05) is 47.5 Å². The molecule has 1 heterocycles. The Labute approximate surface area is 240 Å². The van der Waals surface area contributed by atoms with Crippen LogP contribution in [0.1, 0.15) is 17.0 Å². The van der Waals surface area contributed by atoms with Gasteiger partial charge in [-0.2, -0.15) is 5.10 Å². The van der Waals surface area contributed by atoms with Crippen molar-refractivity contribution in [1.82, 2.24) is 9.99 Å². The molecule has 40 heavy (non-hydrogen) atoms. The highest BCUT2D eigenvalue weighted by molar-refractivity contribution is 7.92. The molecule has 10 nitrogen and oxygen atoms in total. The van der Waals surface area contributed by atoms with E-state index in [1.54, 1.807) is 30.3 Å². The number of rotatable bonds is 9. The van der Waals surface area contributed by atoms with Crippen molar-refractivity contribution in [2.45, 2.75) is 18.7 Å². The van der Waals surface area contributed by atoms with Gasteiger partial charge in [0.1, 0.15) is 6.54 Å². The zero-order valence-corrected chi connectivity index (χ0v) is 23.6. The Kier molecular flexibility index (Phi) is 8.58. The van der Waals surface area contributed by atoms with Gasteiger partial charge in [-0.25, -0.2) is 13.8 Å². The number of carbonyl (C=O) groups is 1. The molecule has 3 aromatic carbocycles. The van der Waals surface area contributed by atoms with Gasteiger partial charge in [-0.05, 0) is 56.3 Å². The van der Waals surface area contributed by atoms with E-state index in [-0.39, 0.29) is 16.3 Å². The summed E-state index contributed by atoms with van der Waals surface area (Å²) in [5, 5.41) is 15.9. The molecular weight excluding hydrogens is 577 g/mol. The molecule has 206 valence electrons. The van der Waals surface area contributed by atoms with Crippen molar-refractivity contribution in [3.05, 3.63) is 116 Å². The number of nitro groups is 1. The minimum Gasteiger partial charge on any atom is -0.316 e. The predicted octanol–water partition coefficient (Wildman–Crippen LogP) is 5.65. The molecule has 0 fully saturated rings. The molecule has 4 aromatic rings. The van der Waals surface area contributed by atoms with Crippen LogP contribution >= 0.6 is 23.2 Å². The van der Waals surface area contributed by atoms with Gasteiger partial charge in [0.15, 0.2) is 0 Å². The summed E-state index contributed by atoms with van der Waals surface area (Å²) in [6.07, 6.45) is 1.44. The molecule has 0 saturated carbocycles. The summed E-state index contributed by atoms with van der Waals surface area (Å²) in [4.78, 5) is 23.3. The Bertz CT molecular complexity index is 1710. The summed E-state index contributed by atoms with van der Waals surface area (Å²) >= 11 is 12.6. The second-order valence-corrected chi connectivity index (χ2v) is 11.3. The van der Waals surface area contributed by atoms with Gasteiger partial charge < -0.3 is 4.57 Å². The highest BCUT2D eigenvalue weighted by Crippen LogP contribution is 2.31. The largest absolute Gasteiger partial charge is 0.316 e. The normalized spacial score (nSPS) is 11.5. The molecule has 0 bridgehead atoms. The third kappa shape index (κ3) is 6.01. The summed E-state index contributed by atoms with van der Waals surface area (Å²) in [5.41, 5.74) is 5.25. The quantitative estimate of drug-likeness (QED) is 0.151. The number of aryl methyl sites for hydroxylation is 1. The van der Waals surface area contributed by atoms with Gasteiger partial charge in [0, 0.05) is 29.1 Å². The maximum absolute atomic E-state index is 13.4. The van der Waals surface area contributed by atoms with Crippen molar-refractivity contribution in [3.63, 3.8) is 0 Å². The maximum Gasteiger partial charge on any atom is 0.269 e. The molecule has 0 atom stereocenters. The molecule has 0 aliphatic carbocycles. The number of halogens is 2. The zero-order chi connectivity index (χ0) is 29.0. The number of aromatic nitrogens is 1. The minimum atomic E-state index is -4.18. The summed E-state index contributed by atoms with van der Waals surface area (Å²) in [6.45, 7) is 3.12. The molecule has 1 amide bonds. The number of benzene rings is 3. The second kappa shape index (κ2) is 11.9. The molecule has 1 aromatic heterocycles. The third-order valence-corrected chi connectivity index (χ3v) is 8.60. The fourth-order valence-electron chi connectivity index (χ4n) is 4.07. The summed E-state index contributed by atoms with van der Waals surface area (Å²) < 4.78 is 29.6. The molecule has 4 rings (SSSR count). The van der Waals surface area contributed by atoms with Crippen LogP contribution < -0.4 is 9.73 Å². The van der Waals surface area contributed by atoms with Crippen LogP contribution in [0.3, 0.4) is 0 Å². The molecule has 0 spiro atoms. The molecular formula is C27H23Cl2N5O5S. The van der Waals surface area contributed by atoms with Crippen LogP contribution in [0.15, 0.2) is 88.9 Å². The smallest absolute Gasteiger partial charge is 0.269 e. The van der Waals surface area contributed by atoms with E-state index >= 15 is 0 Å². The Morgan fingerprint density at radius 2 is 1.73 bits per heavy atom. The van der Waals surface area contributed by atoms with Gasteiger partial charge in [0.05, 0.1) is 37.5 Å². The number of nitrogens with one attached hydrogen (secondary N) is 1. The lowest BCUT2D eigenvalue weighted by molar-refractivity contribution is -0.384. The van der Waals surface area contributed by atoms with Crippen molar-refractivity contribution in [1.29, 1.82) is 0 Å². The molecule has 0 aliphatic heterocycles. The SMILES string of the molecule is Cc1cc(/C=N/NC(=O)CN(c2ccc([N+](=O)[O-])cc2)S(=O)(=O)c2ccccc2)c(C)n1-c1cccc(Cl)c1Cl. The first kappa shape index (κ1) is 28.8. The van der Waals surface area contributed by atoms with Gasteiger partial charge in [-0.15, -0.1) is 0 Å². The van der Waals surface area contributed by atoms with Crippen molar-refractivity contribution in [3.8, 4) is 5.69 Å². The predicted molar refractivity (Wildman–Crippen MR) is 155 cm³/mol. The lowest BCUT2D eigenvalue weighted by atomic mass is 10.2. The van der Waals surface area contributed by atoms with Gasteiger partial charge in [-0.3, -0.25) is 19.2 Å². The number of non-ortho nitro benzene ring substituents is 1. The number of anilines is 1. The molecule has 0 unspecified atom stereocenters. The van der Waals surface area contributed by atoms with Crippen LogP contribution in [-0.4, -0.2) is 36.6 Å². The van der Waals surface area contributed by atoms with E-state index in [4.69, 9.17) is 23.2 Å². The van der Waals surface area contributed by atoms with Crippen LogP contribution in [0.4, 0.5) is 11.4 Å². The Morgan fingerprint density at radius 3 is 2.38 bits per heavy atom. The van der Waals surface area contributed by atoms with E-state index in [0.29, 0.717) is 21.3 Å². The molecule has 0 radical (unpaired) electrons. The fraction of sp³-hybridized carbons (Fsp3) is 0.111. The number of nitro benzene ring substituents is 1. The van der Waals surface area contributed by atoms with E-state index in [1.165, 1.54) is 42.6 Å². The zero-order valence-electron chi connectivity index (χ0n) is 21.3. The van der Waals surface area contributed by atoms with E-state index < -0.39 is 27.4 Å². The molecule has 0 saturated heterocycles. The van der Waals surface area contributed by atoms with Crippen LogP contribution in [0.5, 0.6) is 0 Å². The number of hydrogen-bond acceptors (Lipinski definition) is 6. The van der Waals surface area contributed by atoms with Crippen molar-refractivity contribution >= 4 is 56.7 Å². The number of carbonyl (C=O) groups excluding carboxylic acids is 1. The van der Waals surface area contributed by atoms with Crippen molar-refractivity contribution in [2.75, 3.05) is 10.8 Å². The van der Waals surface area contributed by atoms with Crippen molar-refractivity contribution in [2.24, 2.45) is 5.10 Å². The first-order valence-electron chi connectivity index (χ1n) is 11.8. The number of hydrazone groups is 1. The topological polar surface area (TPSA) is 127 Å². The Morgan fingerprint density at radius 1 is 1.05 bits per heavy atom. The number of nitrogens with zero attached hydrogens (tertiary/aromatic N) is 4. The van der Waals surface area contributed by atoms with E-state index in [9.17, 15) is 23.3 Å². The Balaban J connectivity index is 1.57. The number of amides is 1. The minimum absolute atomic E-state index is 0.0447. The maximum atomic E-state index is 13.4. The first-order valence-corrected chi connectivity index (χ1v) is 14.0. The molecule has 0 aliphatic rings. The monoisotopic (exact) mass is 599 g/mol. The summed E-state index contributed by atoms with van der Waals surface area (Å²) in [7, 11) is -4.18. The lowest BCUT2D eigenvalue weighted by Crippen LogP contribution is -2.39. The van der Waals surface area contributed by atoms with Gasteiger partial charge in [0.25, 0.3) is 21.6 Å². The van der Waals surface area contributed by atoms with E-state index in [2.05, 4.69) is 10.5 Å². The summed E-state index contributed by atoms with van der Waals surface area (Å²) in [5.74, 6) is -0.721. The highest BCUT2D eigenvalue weighted by atomic mass is 35.5. The van der Waals surface area contributed by atoms with Gasteiger partial charge >= 0.3 is 0 Å². The average molecular weight is 600 g/mol. The first-order chi connectivity index (χ1) is 19.0. The molecule has 13 heteroatoms. The molecule has 1 N–H and O–H groups in total. The van der Waals surface area contributed by atoms with Crippen LogP contribution in [-0.2, 0) is 14.8 Å². The summed E-state index contributed by atoms with van der Waals surface area (Å²) in [6, 6.07) is 19.6. The van der Waals surface area contributed by atoms with Crippen molar-refractivity contribution < 1.29 is 18.1 Å². The highest BCUT2D eigenvalue weighted by Gasteiger charge is 2.27. The lowest BCUT2D eigenvalue weighted by Gasteiger charge is -2.23. The van der Waals surface area contributed by atoms with E-state index in [1.807, 2.05) is 30.5 Å². The van der Waals surface area contributed by atoms with Crippen LogP contribution in [0, 0.1) is 24.0 Å². The number of hydrogen-bond donors (Lipinski definition) is 1. The average Bonchev–Trinajstić information content (AvgIpc) is 3.21. The van der Waals surface area contributed by atoms with Crippen LogP contribution in [0.2, 0.25) is 10.0 Å². The third-order valence-electron chi connectivity index (χ3n) is 6.00. The fourth-order valence-corrected chi connectivity index (χ4v) is 5.89.